The topological polar surface area (TPSA) is 99.1 Å². The molecule has 3 heterocycles. The van der Waals surface area contributed by atoms with Crippen LogP contribution >= 0.6 is 23.2 Å². The maximum atomic E-state index is 13.2. The molecule has 184 valence electrons. The van der Waals surface area contributed by atoms with Gasteiger partial charge in [0.05, 0.1) is 28.1 Å². The van der Waals surface area contributed by atoms with Crippen molar-refractivity contribution in [1.29, 1.82) is 0 Å². The van der Waals surface area contributed by atoms with Crippen LogP contribution in [0.5, 0.6) is 5.75 Å². The minimum absolute atomic E-state index is 0.00563. The first-order chi connectivity index (χ1) is 17.2. The molecular weight excluding hydrogens is 495 g/mol. The molecule has 0 spiro atoms. The monoisotopic (exact) mass is 528 g/mol. The van der Waals surface area contributed by atoms with Crippen molar-refractivity contribution in [2.45, 2.75) is 58.7 Å². The van der Waals surface area contributed by atoms with E-state index in [4.69, 9.17) is 37.8 Å². The van der Waals surface area contributed by atoms with Crippen molar-refractivity contribution in [2.75, 3.05) is 13.1 Å². The number of hydrogen-bond donors (Lipinski definition) is 1. The third-order valence-corrected chi connectivity index (χ3v) is 10.7. The Morgan fingerprint density at radius 2 is 1.91 bits per heavy atom. The summed E-state index contributed by atoms with van der Waals surface area (Å²) in [6.07, 6.45) is 1.35. The minimum Gasteiger partial charge on any atom is -0.489 e. The van der Waals surface area contributed by atoms with E-state index in [2.05, 4.69) is 15.0 Å². The molecule has 3 aromatic heterocycles. The van der Waals surface area contributed by atoms with Gasteiger partial charge < -0.3 is 9.16 Å². The Kier molecular flexibility index (Phi) is 6.09. The van der Waals surface area contributed by atoms with E-state index >= 15 is 0 Å². The Labute approximate surface area is 215 Å². The van der Waals surface area contributed by atoms with Crippen molar-refractivity contribution in [3.63, 3.8) is 0 Å². The van der Waals surface area contributed by atoms with Crippen LogP contribution in [0.4, 0.5) is 0 Å². The Hall–Kier alpha value is -2.20. The summed E-state index contributed by atoms with van der Waals surface area (Å²) in [5.41, 5.74) is -1.55. The molecule has 1 N–H and O–H groups in total. The van der Waals surface area contributed by atoms with E-state index in [0.717, 1.165) is 4.57 Å². The molecule has 0 aliphatic rings. The van der Waals surface area contributed by atoms with E-state index in [1.54, 1.807) is 26.9 Å². The first kappa shape index (κ1) is 21.1. The second kappa shape index (κ2) is 9.81. The van der Waals surface area contributed by atoms with Crippen molar-refractivity contribution >= 4 is 42.6 Å². The number of pyridine rings is 2. The summed E-state index contributed by atoms with van der Waals surface area (Å²) < 4.78 is 46.5. The molecule has 0 unspecified atom stereocenters. The molecule has 3 aromatic rings. The predicted octanol–water partition coefficient (Wildman–Crippen LogP) is 5.30. The molecule has 0 atom stereocenters. The van der Waals surface area contributed by atoms with Crippen molar-refractivity contribution in [2.24, 2.45) is 0 Å². The predicted molar refractivity (Wildman–Crippen MR) is 139 cm³/mol. The van der Waals surface area contributed by atoms with Gasteiger partial charge in [-0.05, 0) is 30.1 Å². The maximum absolute atomic E-state index is 13.2. The second-order valence-electron chi connectivity index (χ2n) is 9.59. The summed E-state index contributed by atoms with van der Waals surface area (Å²) >= 11 is 12.2. The number of H-pyrrole nitrogens is 1. The highest BCUT2D eigenvalue weighted by molar-refractivity contribution is 6.74. The van der Waals surface area contributed by atoms with Crippen molar-refractivity contribution in [1.82, 2.24) is 19.5 Å². The molecule has 0 bridgehead atoms. The third-order valence-electron chi connectivity index (χ3n) is 5.79. The van der Waals surface area contributed by atoms with Crippen LogP contribution in [0.2, 0.25) is 28.3 Å². The lowest BCUT2D eigenvalue weighted by Gasteiger charge is -2.36. The molecule has 8 nitrogen and oxygen atoms in total. The van der Waals surface area contributed by atoms with Gasteiger partial charge in [0.25, 0.3) is 5.56 Å². The van der Waals surface area contributed by atoms with Gasteiger partial charge in [0.1, 0.15) is 23.1 Å². The molecule has 0 saturated carbocycles. The highest BCUT2D eigenvalue weighted by Crippen LogP contribution is 2.36. The second-order valence-corrected chi connectivity index (χ2v) is 15.1. The number of rotatable bonds is 7. The quantitative estimate of drug-likeness (QED) is 0.330. The van der Waals surface area contributed by atoms with Gasteiger partial charge in [0, 0.05) is 12.3 Å². The van der Waals surface area contributed by atoms with Gasteiger partial charge in [-0.2, -0.15) is 0 Å². The van der Waals surface area contributed by atoms with Crippen LogP contribution in [0.1, 0.15) is 51.7 Å². The van der Waals surface area contributed by atoms with Gasteiger partial charge in [-0.3, -0.25) is 14.8 Å². The molecule has 34 heavy (non-hydrogen) atoms. The molecule has 0 fully saturated rings. The zero-order valence-corrected chi connectivity index (χ0v) is 22.6. The van der Waals surface area contributed by atoms with Crippen molar-refractivity contribution in [3.8, 4) is 11.4 Å². The van der Waals surface area contributed by atoms with Crippen LogP contribution in [0.15, 0.2) is 27.9 Å². The Balaban J connectivity index is 2.29. The van der Waals surface area contributed by atoms with Crippen LogP contribution < -0.4 is 16.0 Å². The third kappa shape index (κ3) is 5.22. The van der Waals surface area contributed by atoms with E-state index in [-0.39, 0.29) is 38.6 Å². The Morgan fingerprint density at radius 1 is 1.24 bits per heavy atom. The van der Waals surface area contributed by atoms with Crippen LogP contribution in [0.25, 0.3) is 16.7 Å². The number of hydrogen-bond acceptors (Lipinski definition) is 6. The summed E-state index contributed by atoms with van der Waals surface area (Å²) in [4.78, 5) is 36.4. The van der Waals surface area contributed by atoms with Gasteiger partial charge in [0.15, 0.2) is 14.0 Å². The zero-order chi connectivity index (χ0) is 29.0. The summed E-state index contributed by atoms with van der Waals surface area (Å²) in [7, 11) is -2.78. The molecule has 0 aliphatic carbocycles. The van der Waals surface area contributed by atoms with Crippen LogP contribution in [-0.2, 0) is 4.43 Å². The van der Waals surface area contributed by atoms with Gasteiger partial charge in [-0.15, -0.1) is 0 Å². The van der Waals surface area contributed by atoms with E-state index in [1.165, 1.54) is 18.3 Å². The summed E-state index contributed by atoms with van der Waals surface area (Å²) in [5, 5.41) is -0.626. The molecule has 0 aliphatic heterocycles. The van der Waals surface area contributed by atoms with Gasteiger partial charge >= 0.3 is 5.69 Å². The summed E-state index contributed by atoms with van der Waals surface area (Å²) in [6, 6.07) is 2.56. The normalized spacial score (nSPS) is 15.1. The molecular formula is C23H30Cl2N4O4Si. The first-order valence-corrected chi connectivity index (χ1v) is 14.3. The average molecular weight is 530 g/mol. The van der Waals surface area contributed by atoms with E-state index in [9.17, 15) is 9.59 Å². The summed E-state index contributed by atoms with van der Waals surface area (Å²) in [6.45, 7) is 6.99. The van der Waals surface area contributed by atoms with Crippen LogP contribution in [0, 0.1) is 0 Å². The number of aromatic nitrogens is 4. The molecule has 0 saturated heterocycles. The molecule has 11 heteroatoms. The number of nitrogens with one attached hydrogen (secondary N) is 1. The number of aromatic amines is 1. The largest absolute Gasteiger partial charge is 0.489 e. The SMILES string of the molecule is [2H]C([2H])(Oc1ccnc(C(C)C)c1-n1c(=O)[nH]c(=O)c2cc(Cl)c(Cl)nc21)C([2H])([2H])O[Si](C)(C)C(C)(C)C. The summed E-state index contributed by atoms with van der Waals surface area (Å²) in [5.74, 6) is -0.531. The minimum atomic E-state index is -3.01. The number of nitrogens with zero attached hydrogens (tertiary/aromatic N) is 3. The van der Waals surface area contributed by atoms with Crippen molar-refractivity contribution < 1.29 is 14.6 Å². The van der Waals surface area contributed by atoms with Crippen LogP contribution in [-0.4, -0.2) is 41.0 Å². The maximum Gasteiger partial charge on any atom is 0.334 e. The molecule has 0 aromatic carbocycles. The fraction of sp³-hybridized carbons (Fsp3) is 0.478. The van der Waals surface area contributed by atoms with E-state index in [1.807, 2.05) is 20.8 Å². The molecule has 0 amide bonds. The van der Waals surface area contributed by atoms with E-state index in [0.29, 0.717) is 5.69 Å². The lowest BCUT2D eigenvalue weighted by molar-refractivity contribution is 0.203. The zero-order valence-electron chi connectivity index (χ0n) is 24.0. The van der Waals surface area contributed by atoms with Gasteiger partial charge in [-0.25, -0.2) is 14.3 Å². The van der Waals surface area contributed by atoms with Gasteiger partial charge in [-0.1, -0.05) is 57.8 Å². The fourth-order valence-corrected chi connectivity index (χ4v) is 3.77. The number of halogens is 2. The Morgan fingerprint density at radius 3 is 2.53 bits per heavy atom. The lowest BCUT2D eigenvalue weighted by Crippen LogP contribution is -2.41. The van der Waals surface area contributed by atoms with Crippen LogP contribution in [0.3, 0.4) is 0 Å². The molecule has 3 rings (SSSR count). The lowest BCUT2D eigenvalue weighted by atomic mass is 10.1. The van der Waals surface area contributed by atoms with E-state index < -0.39 is 37.7 Å². The standard InChI is InChI=1S/C23H30Cl2N4O4Si/c1-13(2)17-18(16(8-9-26-17)32-10-11-33-34(6,7)23(3,4)5)29-20-14(21(30)28-22(29)31)12-15(24)19(25)27-20/h8-9,12-13H,10-11H2,1-7H3,(H,28,30,31)/i10D2,11D2. The highest BCUT2D eigenvalue weighted by atomic mass is 35.5. The highest BCUT2D eigenvalue weighted by Gasteiger charge is 2.37. The Bertz CT molecular complexity index is 1500. The fourth-order valence-electron chi connectivity index (χ4n) is 2.88. The smallest absolute Gasteiger partial charge is 0.334 e. The number of fused-ring (bicyclic) bond motifs is 1. The number of ether oxygens (including phenoxy) is 1. The van der Waals surface area contributed by atoms with Gasteiger partial charge in [0.2, 0.25) is 0 Å². The average Bonchev–Trinajstić information content (AvgIpc) is 2.74. The van der Waals surface area contributed by atoms with Crippen molar-refractivity contribution in [3.05, 3.63) is 55.0 Å². The first-order valence-electron chi connectivity index (χ1n) is 12.6. The molecule has 0 radical (unpaired) electrons.